The van der Waals surface area contributed by atoms with E-state index in [2.05, 4.69) is 5.32 Å². The second kappa shape index (κ2) is 6.01. The Bertz CT molecular complexity index is 716. The van der Waals surface area contributed by atoms with Crippen LogP contribution in [-0.2, 0) is 17.9 Å². The Morgan fingerprint density at radius 1 is 1.15 bits per heavy atom. The number of hydrogen-bond donors (Lipinski definition) is 1. The van der Waals surface area contributed by atoms with Gasteiger partial charge in [0.05, 0.1) is 6.54 Å². The second-order valence-electron chi connectivity index (χ2n) is 4.31. The molecule has 1 aromatic heterocycles. The van der Waals surface area contributed by atoms with E-state index in [-0.39, 0.29) is 12.5 Å². The summed E-state index contributed by atoms with van der Waals surface area (Å²) in [5.41, 5.74) is -0.0346. The van der Waals surface area contributed by atoms with E-state index in [9.17, 15) is 14.4 Å². The summed E-state index contributed by atoms with van der Waals surface area (Å²) in [7, 11) is 1.46. The van der Waals surface area contributed by atoms with Gasteiger partial charge in [0.1, 0.15) is 6.54 Å². The molecule has 6 nitrogen and oxygen atoms in total. The number of benzene rings is 1. The molecule has 1 aromatic carbocycles. The summed E-state index contributed by atoms with van der Waals surface area (Å²) in [6.45, 7) is 0.0808. The predicted molar refractivity (Wildman–Crippen MR) is 74.6 cm³/mol. The van der Waals surface area contributed by atoms with E-state index in [0.717, 1.165) is 10.1 Å². The lowest BCUT2D eigenvalue weighted by Crippen LogP contribution is -2.42. The molecule has 0 aliphatic rings. The van der Waals surface area contributed by atoms with Crippen molar-refractivity contribution in [2.75, 3.05) is 7.05 Å². The summed E-state index contributed by atoms with van der Waals surface area (Å²) in [6, 6.07) is 10.7. The first kappa shape index (κ1) is 13.8. The van der Waals surface area contributed by atoms with Crippen LogP contribution in [0.5, 0.6) is 0 Å². The molecule has 0 saturated heterocycles. The average Bonchev–Trinajstić information content (AvgIpc) is 2.47. The highest BCUT2D eigenvalue weighted by Crippen LogP contribution is 1.99. The molecule has 0 atom stereocenters. The molecule has 0 bridgehead atoms. The molecule has 1 N–H and O–H groups in total. The molecule has 6 heteroatoms. The largest absolute Gasteiger partial charge is 0.358 e. The molecule has 1 heterocycles. The lowest BCUT2D eigenvalue weighted by Gasteiger charge is -2.09. The van der Waals surface area contributed by atoms with E-state index < -0.39 is 11.2 Å². The lowest BCUT2D eigenvalue weighted by atomic mass is 10.2. The van der Waals surface area contributed by atoms with Crippen LogP contribution < -0.4 is 16.6 Å². The van der Waals surface area contributed by atoms with Crippen molar-refractivity contribution in [2.45, 2.75) is 13.1 Å². The topological polar surface area (TPSA) is 73.1 Å². The number of aromatic nitrogens is 2. The fourth-order valence-corrected chi connectivity index (χ4v) is 1.83. The molecule has 104 valence electrons. The van der Waals surface area contributed by atoms with Crippen LogP contribution in [0.4, 0.5) is 0 Å². The van der Waals surface area contributed by atoms with Gasteiger partial charge in [-0.15, -0.1) is 0 Å². The minimum Gasteiger partial charge on any atom is -0.358 e. The minimum absolute atomic E-state index is 0.274. The summed E-state index contributed by atoms with van der Waals surface area (Å²) < 4.78 is 2.32. The molecule has 0 radical (unpaired) electrons. The first-order chi connectivity index (χ1) is 9.61. The van der Waals surface area contributed by atoms with Crippen LogP contribution >= 0.6 is 0 Å². The highest BCUT2D eigenvalue weighted by Gasteiger charge is 2.08. The lowest BCUT2D eigenvalue weighted by molar-refractivity contribution is -0.121. The third kappa shape index (κ3) is 3.03. The van der Waals surface area contributed by atoms with Gasteiger partial charge in [0.2, 0.25) is 5.91 Å². The Kier molecular flexibility index (Phi) is 4.14. The summed E-state index contributed by atoms with van der Waals surface area (Å²) in [5, 5.41) is 2.39. The molecule has 1 amide bonds. The molecular weight excluding hydrogens is 258 g/mol. The van der Waals surface area contributed by atoms with Gasteiger partial charge in [0, 0.05) is 19.3 Å². The van der Waals surface area contributed by atoms with Gasteiger partial charge in [-0.3, -0.25) is 18.7 Å². The van der Waals surface area contributed by atoms with Crippen molar-refractivity contribution in [2.24, 2.45) is 0 Å². The SMILES string of the molecule is CNC(=O)Cn1c(=O)ccn(Cc2ccccc2)c1=O. The van der Waals surface area contributed by atoms with Crippen molar-refractivity contribution in [1.29, 1.82) is 0 Å². The van der Waals surface area contributed by atoms with E-state index in [4.69, 9.17) is 0 Å². The van der Waals surface area contributed by atoms with E-state index in [0.29, 0.717) is 6.54 Å². The first-order valence-electron chi connectivity index (χ1n) is 6.16. The van der Waals surface area contributed by atoms with Crippen LogP contribution in [0.2, 0.25) is 0 Å². The van der Waals surface area contributed by atoms with Crippen molar-refractivity contribution >= 4 is 5.91 Å². The van der Waals surface area contributed by atoms with Crippen LogP contribution in [0.25, 0.3) is 0 Å². The standard InChI is InChI=1S/C14H15N3O3/c1-15-12(18)10-17-13(19)7-8-16(14(17)20)9-11-5-3-2-4-6-11/h2-8H,9-10H2,1H3,(H,15,18). The van der Waals surface area contributed by atoms with Gasteiger partial charge in [-0.1, -0.05) is 30.3 Å². The Morgan fingerprint density at radius 3 is 2.50 bits per heavy atom. The van der Waals surface area contributed by atoms with Crippen molar-refractivity contribution in [3.63, 3.8) is 0 Å². The Balaban J connectivity index is 2.36. The Hall–Kier alpha value is -2.63. The van der Waals surface area contributed by atoms with Crippen molar-refractivity contribution in [3.8, 4) is 0 Å². The Labute approximate surface area is 115 Å². The molecule has 0 aliphatic heterocycles. The van der Waals surface area contributed by atoms with Crippen LogP contribution in [0, 0.1) is 0 Å². The molecule has 0 aliphatic carbocycles. The number of amides is 1. The van der Waals surface area contributed by atoms with Crippen LogP contribution in [-0.4, -0.2) is 22.1 Å². The number of carbonyl (C=O) groups excluding carboxylic acids is 1. The number of carbonyl (C=O) groups is 1. The van der Waals surface area contributed by atoms with Gasteiger partial charge in [-0.2, -0.15) is 0 Å². The van der Waals surface area contributed by atoms with Crippen molar-refractivity contribution in [3.05, 3.63) is 69.0 Å². The summed E-state index contributed by atoms with van der Waals surface area (Å²) in [5.74, 6) is -0.387. The maximum atomic E-state index is 12.2. The molecule has 2 aromatic rings. The van der Waals surface area contributed by atoms with Crippen molar-refractivity contribution in [1.82, 2.24) is 14.5 Å². The zero-order chi connectivity index (χ0) is 14.5. The molecule has 20 heavy (non-hydrogen) atoms. The smallest absolute Gasteiger partial charge is 0.331 e. The van der Waals surface area contributed by atoms with E-state index in [1.165, 1.54) is 23.9 Å². The van der Waals surface area contributed by atoms with E-state index >= 15 is 0 Å². The van der Waals surface area contributed by atoms with Crippen LogP contribution in [0.3, 0.4) is 0 Å². The number of hydrogen-bond acceptors (Lipinski definition) is 3. The second-order valence-corrected chi connectivity index (χ2v) is 4.31. The molecule has 0 saturated carbocycles. The highest BCUT2D eigenvalue weighted by molar-refractivity contribution is 5.75. The quantitative estimate of drug-likeness (QED) is 0.838. The van der Waals surface area contributed by atoms with Gasteiger partial charge in [-0.25, -0.2) is 4.79 Å². The molecular formula is C14H15N3O3. The minimum atomic E-state index is -0.495. The van der Waals surface area contributed by atoms with Gasteiger partial charge >= 0.3 is 5.69 Å². The van der Waals surface area contributed by atoms with Gasteiger partial charge in [0.15, 0.2) is 0 Å². The summed E-state index contributed by atoms with van der Waals surface area (Å²) in [4.78, 5) is 35.2. The fourth-order valence-electron chi connectivity index (χ4n) is 1.83. The molecule has 0 fully saturated rings. The summed E-state index contributed by atoms with van der Waals surface area (Å²) >= 11 is 0. The number of nitrogens with one attached hydrogen (secondary N) is 1. The van der Waals surface area contributed by atoms with Crippen LogP contribution in [0.1, 0.15) is 5.56 Å². The van der Waals surface area contributed by atoms with E-state index in [1.807, 2.05) is 30.3 Å². The maximum absolute atomic E-state index is 12.2. The average molecular weight is 273 g/mol. The maximum Gasteiger partial charge on any atom is 0.331 e. The zero-order valence-corrected chi connectivity index (χ0v) is 11.1. The molecule has 2 rings (SSSR count). The monoisotopic (exact) mass is 273 g/mol. The third-order valence-electron chi connectivity index (χ3n) is 2.92. The molecule has 0 unspecified atom stereocenters. The van der Waals surface area contributed by atoms with E-state index in [1.54, 1.807) is 0 Å². The summed E-state index contributed by atoms with van der Waals surface area (Å²) in [6.07, 6.45) is 1.44. The van der Waals surface area contributed by atoms with Crippen LogP contribution in [0.15, 0.2) is 52.2 Å². The zero-order valence-electron chi connectivity index (χ0n) is 11.1. The number of rotatable bonds is 4. The molecule has 0 spiro atoms. The van der Waals surface area contributed by atoms with Gasteiger partial charge < -0.3 is 5.32 Å². The third-order valence-corrected chi connectivity index (χ3v) is 2.92. The van der Waals surface area contributed by atoms with Gasteiger partial charge in [0.25, 0.3) is 5.56 Å². The normalized spacial score (nSPS) is 10.2. The predicted octanol–water partition coefficient (Wildman–Crippen LogP) is -0.196. The first-order valence-corrected chi connectivity index (χ1v) is 6.16. The Morgan fingerprint density at radius 2 is 1.85 bits per heavy atom. The number of nitrogens with zero attached hydrogens (tertiary/aromatic N) is 2. The number of likely N-dealkylation sites (N-methyl/N-ethyl adjacent to an activating group) is 1. The van der Waals surface area contributed by atoms with Gasteiger partial charge in [-0.05, 0) is 5.56 Å². The van der Waals surface area contributed by atoms with Crippen molar-refractivity contribution < 1.29 is 4.79 Å². The fraction of sp³-hybridized carbons (Fsp3) is 0.214. The highest BCUT2D eigenvalue weighted by atomic mass is 16.2.